The molecule has 0 aliphatic carbocycles. The van der Waals surface area contributed by atoms with Gasteiger partial charge in [0.25, 0.3) is 5.91 Å². The summed E-state index contributed by atoms with van der Waals surface area (Å²) in [5.41, 5.74) is 2.10. The quantitative estimate of drug-likeness (QED) is 0.495. The van der Waals surface area contributed by atoms with Gasteiger partial charge in [0.15, 0.2) is 11.6 Å². The van der Waals surface area contributed by atoms with Crippen LogP contribution in [0.5, 0.6) is 0 Å². The van der Waals surface area contributed by atoms with E-state index in [0.29, 0.717) is 5.56 Å². The van der Waals surface area contributed by atoms with E-state index in [4.69, 9.17) is 0 Å². The van der Waals surface area contributed by atoms with E-state index in [1.807, 2.05) is 31.2 Å². The number of aryl methyl sites for hydroxylation is 1. The van der Waals surface area contributed by atoms with Gasteiger partial charge >= 0.3 is 5.97 Å². The lowest BCUT2D eigenvalue weighted by atomic mass is 9.97. The fourth-order valence-electron chi connectivity index (χ4n) is 4.64. The molecule has 0 saturated carbocycles. The molecule has 3 aromatic rings. The number of likely N-dealkylation sites (tertiary alicyclic amines) is 1. The summed E-state index contributed by atoms with van der Waals surface area (Å²) in [4.78, 5) is 26.8. The van der Waals surface area contributed by atoms with Crippen LogP contribution in [0.2, 0.25) is 0 Å². The number of anilines is 1. The number of aliphatic carboxylic acids is 1. The summed E-state index contributed by atoms with van der Waals surface area (Å²) in [5, 5.41) is 9.77. The molecule has 10 heteroatoms. The zero-order chi connectivity index (χ0) is 26.2. The molecule has 2 atom stereocenters. The number of carboxylic acid groups (broad SMARTS) is 1. The summed E-state index contributed by atoms with van der Waals surface area (Å²) in [7, 11) is -3.82. The highest BCUT2D eigenvalue weighted by Gasteiger charge is 2.43. The van der Waals surface area contributed by atoms with Crippen molar-refractivity contribution in [2.45, 2.75) is 31.8 Å². The summed E-state index contributed by atoms with van der Waals surface area (Å²) in [6.45, 7) is 1.89. The number of carbonyl (C=O) groups is 2. The molecule has 1 saturated heterocycles. The minimum atomic E-state index is -3.82. The second-order valence-electron chi connectivity index (χ2n) is 8.75. The Morgan fingerprint density at radius 2 is 1.75 bits per heavy atom. The van der Waals surface area contributed by atoms with E-state index in [1.54, 1.807) is 6.07 Å². The number of hydrogen-bond donors (Lipinski definition) is 2. The smallest absolute Gasteiger partial charge is 0.326 e. The minimum absolute atomic E-state index is 0.0256. The van der Waals surface area contributed by atoms with Crippen LogP contribution in [-0.2, 0) is 14.8 Å². The highest BCUT2D eigenvalue weighted by molar-refractivity contribution is 7.92. The molecule has 1 amide bonds. The lowest BCUT2D eigenvalue weighted by Gasteiger charge is -2.30. The number of carboxylic acids is 1. The maximum atomic E-state index is 14.6. The molecule has 0 spiro atoms. The van der Waals surface area contributed by atoms with E-state index in [-0.39, 0.29) is 29.7 Å². The van der Waals surface area contributed by atoms with Crippen LogP contribution in [0.25, 0.3) is 11.1 Å². The topological polar surface area (TPSA) is 104 Å². The molecule has 3 aromatic carbocycles. The second-order valence-corrected chi connectivity index (χ2v) is 10.5. The summed E-state index contributed by atoms with van der Waals surface area (Å²) < 4.78 is 55.2. The van der Waals surface area contributed by atoms with Crippen molar-refractivity contribution in [3.63, 3.8) is 0 Å². The lowest BCUT2D eigenvalue weighted by molar-refractivity contribution is -0.141. The third-order valence-corrected chi connectivity index (χ3v) is 6.84. The molecule has 4 rings (SSSR count). The SMILES string of the molecule is Cc1ccccc1-c1ccc(C(=O)N2[C@@H](c3cccc(F)c3F)CC[C@H]2C(=O)O)c(NS(C)(=O)=O)c1. The number of sulfonamides is 1. The van der Waals surface area contributed by atoms with Gasteiger partial charge in [0.2, 0.25) is 10.0 Å². The van der Waals surface area contributed by atoms with E-state index >= 15 is 0 Å². The number of amides is 1. The summed E-state index contributed by atoms with van der Waals surface area (Å²) in [5.74, 6) is -4.37. The molecule has 1 aliphatic rings. The zero-order valence-corrected chi connectivity index (χ0v) is 20.4. The standard InChI is InChI=1S/C26H24F2N2O5S/c1-15-6-3-4-7-17(15)16-10-11-18(21(14-16)29-36(2,34)35)25(31)30-22(12-13-23(30)26(32)33)19-8-5-9-20(27)24(19)28/h3-11,14,22-23,29H,12-13H2,1-2H3,(H,32,33)/t22-,23+/m1/s1. The average molecular weight is 515 g/mol. The Bertz CT molecular complexity index is 1460. The number of halogens is 2. The molecule has 0 bridgehead atoms. The van der Waals surface area contributed by atoms with Gasteiger partial charge in [-0.2, -0.15) is 0 Å². The van der Waals surface area contributed by atoms with Crippen molar-refractivity contribution < 1.29 is 31.9 Å². The predicted octanol–water partition coefficient (Wildman–Crippen LogP) is 4.74. The molecular formula is C26H24F2N2O5S. The number of hydrogen-bond acceptors (Lipinski definition) is 4. The van der Waals surface area contributed by atoms with Crippen molar-refractivity contribution in [2.75, 3.05) is 11.0 Å². The van der Waals surface area contributed by atoms with Crippen LogP contribution in [0.3, 0.4) is 0 Å². The summed E-state index contributed by atoms with van der Waals surface area (Å²) in [6, 6.07) is 13.2. The van der Waals surface area contributed by atoms with Gasteiger partial charge in [0, 0.05) is 5.56 Å². The van der Waals surface area contributed by atoms with Crippen LogP contribution in [-0.4, -0.2) is 42.6 Å². The number of carbonyl (C=O) groups excluding carboxylic acids is 1. The summed E-state index contributed by atoms with van der Waals surface area (Å²) in [6.07, 6.45) is 1.06. The van der Waals surface area contributed by atoms with Crippen molar-refractivity contribution in [3.8, 4) is 11.1 Å². The van der Waals surface area contributed by atoms with Crippen molar-refractivity contribution >= 4 is 27.6 Å². The highest BCUT2D eigenvalue weighted by atomic mass is 32.2. The zero-order valence-electron chi connectivity index (χ0n) is 19.5. The van der Waals surface area contributed by atoms with Crippen molar-refractivity contribution in [1.29, 1.82) is 0 Å². The molecule has 188 valence electrons. The average Bonchev–Trinajstić information content (AvgIpc) is 3.25. The van der Waals surface area contributed by atoms with Gasteiger partial charge in [-0.15, -0.1) is 0 Å². The fourth-order valence-corrected chi connectivity index (χ4v) is 5.21. The van der Waals surface area contributed by atoms with Crippen molar-refractivity contribution in [3.05, 3.63) is 89.0 Å². The maximum Gasteiger partial charge on any atom is 0.326 e. The third kappa shape index (κ3) is 4.94. The first kappa shape index (κ1) is 25.3. The van der Waals surface area contributed by atoms with Gasteiger partial charge in [-0.1, -0.05) is 42.5 Å². The monoisotopic (exact) mass is 514 g/mol. The number of benzene rings is 3. The normalized spacial score (nSPS) is 17.7. The van der Waals surface area contributed by atoms with Crippen LogP contribution in [0.4, 0.5) is 14.5 Å². The number of nitrogens with one attached hydrogen (secondary N) is 1. The van der Waals surface area contributed by atoms with E-state index < -0.39 is 45.6 Å². The van der Waals surface area contributed by atoms with Crippen LogP contribution in [0.15, 0.2) is 60.7 Å². The maximum absolute atomic E-state index is 14.6. The van der Waals surface area contributed by atoms with E-state index in [1.165, 1.54) is 24.3 Å². The first-order valence-electron chi connectivity index (χ1n) is 11.1. The van der Waals surface area contributed by atoms with Gasteiger partial charge in [0.05, 0.1) is 23.5 Å². The first-order valence-corrected chi connectivity index (χ1v) is 13.0. The largest absolute Gasteiger partial charge is 0.480 e. The van der Waals surface area contributed by atoms with E-state index in [2.05, 4.69) is 4.72 Å². The van der Waals surface area contributed by atoms with Gasteiger partial charge in [-0.05, 0) is 54.7 Å². The Kier molecular flexibility index (Phi) is 6.81. The molecule has 2 N–H and O–H groups in total. The highest BCUT2D eigenvalue weighted by Crippen LogP contribution is 2.40. The lowest BCUT2D eigenvalue weighted by Crippen LogP contribution is -2.42. The van der Waals surface area contributed by atoms with Crippen molar-refractivity contribution in [2.24, 2.45) is 0 Å². The van der Waals surface area contributed by atoms with E-state index in [0.717, 1.165) is 28.3 Å². The first-order chi connectivity index (χ1) is 17.0. The molecule has 0 aromatic heterocycles. The molecule has 1 aliphatic heterocycles. The van der Waals surface area contributed by atoms with Gasteiger partial charge in [-0.25, -0.2) is 22.0 Å². The fraction of sp³-hybridized carbons (Fsp3) is 0.231. The molecule has 7 nitrogen and oxygen atoms in total. The Morgan fingerprint density at radius 1 is 1.03 bits per heavy atom. The number of rotatable bonds is 6. The number of nitrogens with zero attached hydrogens (tertiary/aromatic N) is 1. The molecule has 1 heterocycles. The van der Waals surface area contributed by atoms with Crippen LogP contribution >= 0.6 is 0 Å². The Labute approximate surface area is 207 Å². The molecule has 0 radical (unpaired) electrons. The predicted molar refractivity (Wildman–Crippen MR) is 131 cm³/mol. The Morgan fingerprint density at radius 3 is 2.42 bits per heavy atom. The molecule has 1 fully saturated rings. The molecule has 0 unspecified atom stereocenters. The van der Waals surface area contributed by atoms with Gasteiger partial charge in [0.1, 0.15) is 6.04 Å². The van der Waals surface area contributed by atoms with Crippen LogP contribution in [0.1, 0.15) is 40.4 Å². The Balaban J connectivity index is 1.84. The van der Waals surface area contributed by atoms with Gasteiger partial charge < -0.3 is 10.0 Å². The second kappa shape index (κ2) is 9.69. The molecule has 36 heavy (non-hydrogen) atoms. The van der Waals surface area contributed by atoms with E-state index in [9.17, 15) is 31.9 Å². The summed E-state index contributed by atoms with van der Waals surface area (Å²) >= 11 is 0. The molecular weight excluding hydrogens is 490 g/mol. The van der Waals surface area contributed by atoms with Crippen molar-refractivity contribution in [1.82, 2.24) is 4.90 Å². The van der Waals surface area contributed by atoms with Crippen LogP contribution < -0.4 is 4.72 Å². The van der Waals surface area contributed by atoms with Crippen LogP contribution in [0, 0.1) is 18.6 Å². The van der Waals surface area contributed by atoms with Gasteiger partial charge in [-0.3, -0.25) is 9.52 Å². The minimum Gasteiger partial charge on any atom is -0.480 e. The third-order valence-electron chi connectivity index (χ3n) is 6.25. The Hall–Kier alpha value is -3.79.